The van der Waals surface area contributed by atoms with Crippen molar-refractivity contribution in [3.63, 3.8) is 0 Å². The van der Waals surface area contributed by atoms with Crippen LogP contribution in [0.25, 0.3) is 0 Å². The first-order valence-electron chi connectivity index (χ1n) is 8.75. The zero-order valence-electron chi connectivity index (χ0n) is 14.7. The minimum Gasteiger partial charge on any atom is -0.207 e. The molecule has 0 saturated carbocycles. The molecule has 3 rings (SSSR count). The Morgan fingerprint density at radius 3 is 2.44 bits per heavy atom. The number of hydrogen-bond donors (Lipinski definition) is 0. The quantitative estimate of drug-likeness (QED) is 0.783. The Morgan fingerprint density at radius 1 is 1.12 bits per heavy atom. The molecule has 134 valence electrons. The third-order valence-corrected chi connectivity index (χ3v) is 6.56. The molecule has 0 bridgehead atoms. The van der Waals surface area contributed by atoms with E-state index in [2.05, 4.69) is 13.8 Å². The lowest BCUT2D eigenvalue weighted by atomic mass is 10.0. The van der Waals surface area contributed by atoms with Crippen molar-refractivity contribution >= 4 is 10.0 Å². The molecule has 3 nitrogen and oxygen atoms in total. The largest absolute Gasteiger partial charge is 0.243 e. The first kappa shape index (κ1) is 18.1. The molecule has 1 atom stereocenters. The SMILES string of the molecule is CC(C)Cc1ccc(S(=O)(=O)N2CCC[C@H]2c2ccccc2F)cc1. The topological polar surface area (TPSA) is 37.4 Å². The van der Waals surface area contributed by atoms with Crippen LogP contribution in [-0.2, 0) is 16.4 Å². The minimum atomic E-state index is -3.63. The highest BCUT2D eigenvalue weighted by Crippen LogP contribution is 2.37. The molecule has 5 heteroatoms. The maximum atomic E-state index is 14.2. The number of hydrogen-bond acceptors (Lipinski definition) is 2. The molecule has 0 aromatic heterocycles. The van der Waals surface area contributed by atoms with Gasteiger partial charge in [0.1, 0.15) is 5.82 Å². The van der Waals surface area contributed by atoms with Crippen molar-refractivity contribution in [3.05, 3.63) is 65.5 Å². The Kier molecular flexibility index (Phi) is 5.25. The molecule has 0 spiro atoms. The van der Waals surface area contributed by atoms with Crippen molar-refractivity contribution in [2.24, 2.45) is 5.92 Å². The highest BCUT2D eigenvalue weighted by Gasteiger charge is 2.37. The summed E-state index contributed by atoms with van der Waals surface area (Å²) >= 11 is 0. The Bertz CT molecular complexity index is 831. The molecule has 0 unspecified atom stereocenters. The van der Waals surface area contributed by atoms with Crippen LogP contribution in [0.15, 0.2) is 53.4 Å². The minimum absolute atomic E-state index is 0.281. The fourth-order valence-electron chi connectivity index (χ4n) is 3.49. The summed E-state index contributed by atoms with van der Waals surface area (Å²) in [4.78, 5) is 0.281. The lowest BCUT2D eigenvalue weighted by molar-refractivity contribution is 0.386. The predicted octanol–water partition coefficient (Wildman–Crippen LogP) is 4.55. The fraction of sp³-hybridized carbons (Fsp3) is 0.400. The van der Waals surface area contributed by atoms with Crippen molar-refractivity contribution in [2.45, 2.75) is 44.0 Å². The summed E-state index contributed by atoms with van der Waals surface area (Å²) in [5, 5.41) is 0. The van der Waals surface area contributed by atoms with Crippen LogP contribution in [0.3, 0.4) is 0 Å². The van der Waals surface area contributed by atoms with E-state index in [1.54, 1.807) is 30.3 Å². The molecular formula is C20H24FNO2S. The van der Waals surface area contributed by atoms with Crippen molar-refractivity contribution < 1.29 is 12.8 Å². The van der Waals surface area contributed by atoms with Gasteiger partial charge in [0, 0.05) is 12.1 Å². The second kappa shape index (κ2) is 7.26. The maximum absolute atomic E-state index is 14.2. The van der Waals surface area contributed by atoms with E-state index >= 15 is 0 Å². The molecule has 1 aliphatic rings. The third-order valence-electron chi connectivity index (χ3n) is 4.64. The number of nitrogens with zero attached hydrogens (tertiary/aromatic N) is 1. The van der Waals surface area contributed by atoms with Gasteiger partial charge in [0.15, 0.2) is 0 Å². The molecule has 25 heavy (non-hydrogen) atoms. The second-order valence-corrected chi connectivity index (χ2v) is 8.93. The van der Waals surface area contributed by atoms with Gasteiger partial charge in [-0.05, 0) is 48.9 Å². The number of halogens is 1. The van der Waals surface area contributed by atoms with E-state index in [1.165, 1.54) is 10.4 Å². The predicted molar refractivity (Wildman–Crippen MR) is 97.3 cm³/mol. The van der Waals surface area contributed by atoms with Gasteiger partial charge < -0.3 is 0 Å². The number of sulfonamides is 1. The summed E-state index contributed by atoms with van der Waals surface area (Å²) in [7, 11) is -3.63. The van der Waals surface area contributed by atoms with Crippen LogP contribution < -0.4 is 0 Å². The van der Waals surface area contributed by atoms with Crippen LogP contribution in [0, 0.1) is 11.7 Å². The number of rotatable bonds is 5. The van der Waals surface area contributed by atoms with Gasteiger partial charge in [-0.1, -0.05) is 44.2 Å². The fourth-order valence-corrected chi connectivity index (χ4v) is 5.16. The van der Waals surface area contributed by atoms with Gasteiger partial charge in [0.05, 0.1) is 10.9 Å². The molecule has 2 aromatic rings. The zero-order valence-corrected chi connectivity index (χ0v) is 15.5. The number of benzene rings is 2. The molecule has 1 heterocycles. The van der Waals surface area contributed by atoms with Crippen molar-refractivity contribution in [2.75, 3.05) is 6.54 Å². The monoisotopic (exact) mass is 361 g/mol. The van der Waals surface area contributed by atoms with Crippen molar-refractivity contribution in [1.29, 1.82) is 0 Å². The highest BCUT2D eigenvalue weighted by molar-refractivity contribution is 7.89. The van der Waals surface area contributed by atoms with E-state index < -0.39 is 16.1 Å². The van der Waals surface area contributed by atoms with E-state index in [0.717, 1.165) is 18.4 Å². The van der Waals surface area contributed by atoms with Gasteiger partial charge in [0.2, 0.25) is 10.0 Å². The molecule has 1 aliphatic heterocycles. The molecule has 0 aliphatic carbocycles. The summed E-state index contributed by atoms with van der Waals surface area (Å²) in [6, 6.07) is 13.1. The van der Waals surface area contributed by atoms with Gasteiger partial charge in [-0.25, -0.2) is 12.8 Å². The summed E-state index contributed by atoms with van der Waals surface area (Å²) < 4.78 is 41.7. The lowest BCUT2D eigenvalue weighted by Crippen LogP contribution is -2.31. The van der Waals surface area contributed by atoms with Gasteiger partial charge in [-0.2, -0.15) is 4.31 Å². The van der Waals surface area contributed by atoms with Crippen molar-refractivity contribution in [3.8, 4) is 0 Å². The van der Waals surface area contributed by atoms with Crippen LogP contribution >= 0.6 is 0 Å². The average molecular weight is 361 g/mol. The van der Waals surface area contributed by atoms with Crippen LogP contribution in [0.1, 0.15) is 43.9 Å². The van der Waals surface area contributed by atoms with E-state index in [4.69, 9.17) is 0 Å². The Morgan fingerprint density at radius 2 is 1.80 bits per heavy atom. The van der Waals surface area contributed by atoms with E-state index in [0.29, 0.717) is 24.4 Å². The van der Waals surface area contributed by atoms with Crippen LogP contribution in [0.4, 0.5) is 4.39 Å². The lowest BCUT2D eigenvalue weighted by Gasteiger charge is -2.25. The molecule has 1 saturated heterocycles. The average Bonchev–Trinajstić information content (AvgIpc) is 3.05. The Balaban J connectivity index is 1.89. The van der Waals surface area contributed by atoms with E-state index in [-0.39, 0.29) is 10.7 Å². The Labute approximate surface area is 149 Å². The van der Waals surface area contributed by atoms with Crippen LogP contribution in [0.2, 0.25) is 0 Å². The molecule has 0 radical (unpaired) electrons. The zero-order chi connectivity index (χ0) is 18.0. The van der Waals surface area contributed by atoms with Crippen LogP contribution in [0.5, 0.6) is 0 Å². The van der Waals surface area contributed by atoms with Gasteiger partial charge in [0.25, 0.3) is 0 Å². The second-order valence-electron chi connectivity index (χ2n) is 7.04. The molecule has 0 N–H and O–H groups in total. The van der Waals surface area contributed by atoms with Gasteiger partial charge >= 0.3 is 0 Å². The maximum Gasteiger partial charge on any atom is 0.243 e. The normalized spacial score (nSPS) is 18.8. The molecular weight excluding hydrogens is 337 g/mol. The molecule has 1 fully saturated rings. The summed E-state index contributed by atoms with van der Waals surface area (Å²) in [6.07, 6.45) is 2.30. The van der Waals surface area contributed by atoms with Crippen molar-refractivity contribution in [1.82, 2.24) is 4.31 Å². The highest BCUT2D eigenvalue weighted by atomic mass is 32.2. The summed E-state index contributed by atoms with van der Waals surface area (Å²) in [5.74, 6) is 0.174. The molecule has 2 aromatic carbocycles. The first-order valence-corrected chi connectivity index (χ1v) is 10.2. The van der Waals surface area contributed by atoms with Gasteiger partial charge in [-0.3, -0.25) is 0 Å². The van der Waals surface area contributed by atoms with Crippen LogP contribution in [-0.4, -0.2) is 19.3 Å². The van der Waals surface area contributed by atoms with E-state index in [9.17, 15) is 12.8 Å². The smallest absolute Gasteiger partial charge is 0.207 e. The third kappa shape index (κ3) is 3.77. The van der Waals surface area contributed by atoms with Gasteiger partial charge in [-0.15, -0.1) is 0 Å². The summed E-state index contributed by atoms with van der Waals surface area (Å²) in [5.41, 5.74) is 1.58. The summed E-state index contributed by atoms with van der Waals surface area (Å²) in [6.45, 7) is 4.69. The first-order chi connectivity index (χ1) is 11.9. The van der Waals surface area contributed by atoms with E-state index in [1.807, 2.05) is 12.1 Å². The Hall–Kier alpha value is -1.72. The molecule has 0 amide bonds. The standard InChI is InChI=1S/C20H24FNO2S/c1-15(2)14-16-9-11-17(12-10-16)25(23,24)22-13-5-8-20(22)18-6-3-4-7-19(18)21/h3-4,6-7,9-12,15,20H,5,8,13-14H2,1-2H3/t20-/m0/s1.